The Morgan fingerprint density at radius 2 is 2.17 bits per heavy atom. The second-order valence-electron chi connectivity index (χ2n) is 4.38. The lowest BCUT2D eigenvalue weighted by molar-refractivity contribution is 0.369. The smallest absolute Gasteiger partial charge is 0.246 e. The van der Waals surface area contributed by atoms with E-state index in [0.717, 1.165) is 6.42 Å². The van der Waals surface area contributed by atoms with Gasteiger partial charge in [-0.2, -0.15) is 9.40 Å². The average molecular weight is 274 g/mol. The van der Waals surface area contributed by atoms with Gasteiger partial charge in [-0.25, -0.2) is 8.42 Å². The number of aromatic nitrogens is 2. The van der Waals surface area contributed by atoms with Gasteiger partial charge < -0.3 is 5.73 Å². The fourth-order valence-electron chi connectivity index (χ4n) is 1.80. The van der Waals surface area contributed by atoms with Gasteiger partial charge in [-0.1, -0.05) is 6.92 Å². The summed E-state index contributed by atoms with van der Waals surface area (Å²) in [7, 11) is -3.44. The van der Waals surface area contributed by atoms with E-state index in [-0.39, 0.29) is 10.9 Å². The zero-order valence-electron chi connectivity index (χ0n) is 11.2. The van der Waals surface area contributed by atoms with Crippen molar-refractivity contribution >= 4 is 10.0 Å². The third-order valence-electron chi connectivity index (χ3n) is 2.70. The summed E-state index contributed by atoms with van der Waals surface area (Å²) in [4.78, 5) is 0.245. The summed E-state index contributed by atoms with van der Waals surface area (Å²) < 4.78 is 27.8. The van der Waals surface area contributed by atoms with Gasteiger partial charge in [0.05, 0.1) is 6.20 Å². The van der Waals surface area contributed by atoms with Crippen LogP contribution in [0.5, 0.6) is 0 Å². The van der Waals surface area contributed by atoms with Gasteiger partial charge in [0.1, 0.15) is 4.90 Å². The summed E-state index contributed by atoms with van der Waals surface area (Å²) in [5, 5.41) is 4.05. The normalized spacial score (nSPS) is 12.6. The van der Waals surface area contributed by atoms with Gasteiger partial charge in [0.2, 0.25) is 10.0 Å². The number of nitrogens with zero attached hydrogens (tertiary/aromatic N) is 3. The van der Waals surface area contributed by atoms with Crippen molar-refractivity contribution in [2.75, 3.05) is 13.1 Å². The molecule has 0 bridgehead atoms. The Morgan fingerprint density at radius 1 is 1.50 bits per heavy atom. The predicted molar refractivity (Wildman–Crippen MR) is 70.6 cm³/mol. The van der Waals surface area contributed by atoms with Crippen molar-refractivity contribution in [1.29, 1.82) is 0 Å². The zero-order chi connectivity index (χ0) is 13.8. The van der Waals surface area contributed by atoms with Gasteiger partial charge in [0.15, 0.2) is 0 Å². The molecule has 1 aromatic rings. The van der Waals surface area contributed by atoms with Crippen molar-refractivity contribution in [3.8, 4) is 0 Å². The minimum Gasteiger partial charge on any atom is -0.330 e. The number of hydrogen-bond donors (Lipinski definition) is 1. The van der Waals surface area contributed by atoms with Gasteiger partial charge in [-0.15, -0.1) is 0 Å². The molecule has 0 fully saturated rings. The minimum atomic E-state index is -3.44. The SMILES string of the molecule is CCN(C(C)C)S(=O)(=O)c1cnn(CCCN)c1. The average Bonchev–Trinajstić information content (AvgIpc) is 2.75. The molecule has 0 aliphatic rings. The Kier molecular flexibility index (Phi) is 5.30. The lowest BCUT2D eigenvalue weighted by Crippen LogP contribution is -2.36. The molecule has 6 nitrogen and oxygen atoms in total. The van der Waals surface area contributed by atoms with E-state index < -0.39 is 10.0 Å². The maximum Gasteiger partial charge on any atom is 0.246 e. The van der Waals surface area contributed by atoms with E-state index in [0.29, 0.717) is 19.6 Å². The van der Waals surface area contributed by atoms with E-state index in [1.807, 2.05) is 20.8 Å². The van der Waals surface area contributed by atoms with Crippen LogP contribution in [0.1, 0.15) is 27.2 Å². The second-order valence-corrected chi connectivity index (χ2v) is 6.27. The lowest BCUT2D eigenvalue weighted by Gasteiger charge is -2.23. The number of aryl methyl sites for hydroxylation is 1. The molecular weight excluding hydrogens is 252 g/mol. The molecule has 1 heterocycles. The molecule has 0 aliphatic carbocycles. The molecule has 0 radical (unpaired) electrons. The summed E-state index contributed by atoms with van der Waals surface area (Å²) in [5.41, 5.74) is 5.41. The molecule has 0 spiro atoms. The van der Waals surface area contributed by atoms with Gasteiger partial charge in [-0.3, -0.25) is 4.68 Å². The van der Waals surface area contributed by atoms with Crippen molar-refractivity contribution in [3.63, 3.8) is 0 Å². The molecule has 0 unspecified atom stereocenters. The molecule has 0 atom stereocenters. The largest absolute Gasteiger partial charge is 0.330 e. The third kappa shape index (κ3) is 3.30. The molecule has 2 N–H and O–H groups in total. The first-order chi connectivity index (χ1) is 8.43. The number of hydrogen-bond acceptors (Lipinski definition) is 4. The zero-order valence-corrected chi connectivity index (χ0v) is 12.0. The summed E-state index contributed by atoms with van der Waals surface area (Å²) in [5.74, 6) is 0. The highest BCUT2D eigenvalue weighted by molar-refractivity contribution is 7.89. The molecule has 104 valence electrons. The van der Waals surface area contributed by atoms with Crippen LogP contribution in [0.4, 0.5) is 0 Å². The highest BCUT2D eigenvalue weighted by Crippen LogP contribution is 2.17. The molecule has 18 heavy (non-hydrogen) atoms. The Morgan fingerprint density at radius 3 is 2.67 bits per heavy atom. The predicted octanol–water partition coefficient (Wildman–Crippen LogP) is 0.651. The van der Waals surface area contributed by atoms with E-state index in [1.165, 1.54) is 10.5 Å². The van der Waals surface area contributed by atoms with Crippen LogP contribution in [0.3, 0.4) is 0 Å². The van der Waals surface area contributed by atoms with Gasteiger partial charge in [0, 0.05) is 25.3 Å². The molecule has 7 heteroatoms. The van der Waals surface area contributed by atoms with Gasteiger partial charge in [0.25, 0.3) is 0 Å². The highest BCUT2D eigenvalue weighted by atomic mass is 32.2. The summed E-state index contributed by atoms with van der Waals surface area (Å²) in [6.45, 7) is 7.21. The van der Waals surface area contributed by atoms with Crippen LogP contribution in [0.15, 0.2) is 17.3 Å². The molecule has 1 aromatic heterocycles. The molecule has 0 amide bonds. The molecule has 0 saturated heterocycles. The first kappa shape index (κ1) is 15.1. The Bertz CT molecular complexity index is 467. The number of sulfonamides is 1. The van der Waals surface area contributed by atoms with Crippen molar-refractivity contribution in [1.82, 2.24) is 14.1 Å². The maximum absolute atomic E-state index is 12.3. The van der Waals surface area contributed by atoms with Crippen LogP contribution in [-0.2, 0) is 16.6 Å². The Hall–Kier alpha value is -0.920. The number of nitrogens with two attached hydrogens (primary N) is 1. The Balaban J connectivity index is 2.94. The van der Waals surface area contributed by atoms with Crippen LogP contribution in [0, 0.1) is 0 Å². The quantitative estimate of drug-likeness (QED) is 0.791. The monoisotopic (exact) mass is 274 g/mol. The first-order valence-corrected chi connectivity index (χ1v) is 7.61. The molecule has 1 rings (SSSR count). The standard InChI is InChI=1S/C11H22N4O2S/c1-4-15(10(2)3)18(16,17)11-8-13-14(9-11)7-5-6-12/h8-10H,4-7,12H2,1-3H3. The van der Waals surface area contributed by atoms with E-state index in [4.69, 9.17) is 5.73 Å². The third-order valence-corrected chi connectivity index (χ3v) is 4.80. The topological polar surface area (TPSA) is 81.2 Å². The summed E-state index contributed by atoms with van der Waals surface area (Å²) in [6.07, 6.45) is 3.75. The maximum atomic E-state index is 12.3. The van der Waals surface area contributed by atoms with Crippen molar-refractivity contribution in [2.24, 2.45) is 5.73 Å². The van der Waals surface area contributed by atoms with E-state index >= 15 is 0 Å². The highest BCUT2D eigenvalue weighted by Gasteiger charge is 2.26. The molecular formula is C11H22N4O2S. The van der Waals surface area contributed by atoms with Crippen molar-refractivity contribution < 1.29 is 8.42 Å². The summed E-state index contributed by atoms with van der Waals surface area (Å²) in [6, 6.07) is -0.0626. The minimum absolute atomic E-state index is 0.0626. The molecule has 0 saturated carbocycles. The van der Waals surface area contributed by atoms with Crippen LogP contribution >= 0.6 is 0 Å². The van der Waals surface area contributed by atoms with Crippen LogP contribution in [-0.4, -0.2) is 41.6 Å². The fraction of sp³-hybridized carbons (Fsp3) is 0.727. The Labute approximate surface area is 109 Å². The van der Waals surface area contributed by atoms with Gasteiger partial charge >= 0.3 is 0 Å². The van der Waals surface area contributed by atoms with Gasteiger partial charge in [-0.05, 0) is 26.8 Å². The number of rotatable bonds is 7. The summed E-state index contributed by atoms with van der Waals surface area (Å²) >= 11 is 0. The van der Waals surface area contributed by atoms with E-state index in [9.17, 15) is 8.42 Å². The van der Waals surface area contributed by atoms with Crippen LogP contribution < -0.4 is 5.73 Å². The fourth-order valence-corrected chi connectivity index (χ4v) is 3.40. The molecule has 0 aromatic carbocycles. The molecule has 0 aliphatic heterocycles. The second kappa shape index (κ2) is 6.31. The van der Waals surface area contributed by atoms with Crippen molar-refractivity contribution in [3.05, 3.63) is 12.4 Å². The van der Waals surface area contributed by atoms with Crippen molar-refractivity contribution in [2.45, 2.75) is 44.7 Å². The van der Waals surface area contributed by atoms with Crippen LogP contribution in [0.25, 0.3) is 0 Å². The first-order valence-electron chi connectivity index (χ1n) is 6.17. The van der Waals surface area contributed by atoms with E-state index in [1.54, 1.807) is 10.9 Å². The van der Waals surface area contributed by atoms with E-state index in [2.05, 4.69) is 5.10 Å². The lowest BCUT2D eigenvalue weighted by atomic mass is 10.4. The van der Waals surface area contributed by atoms with Crippen LogP contribution in [0.2, 0.25) is 0 Å².